The van der Waals surface area contributed by atoms with Gasteiger partial charge in [-0.3, -0.25) is 9.97 Å². The van der Waals surface area contributed by atoms with E-state index < -0.39 is 43.0 Å². The molecule has 0 saturated carbocycles. The lowest BCUT2D eigenvalue weighted by molar-refractivity contribution is 0.332. The van der Waals surface area contributed by atoms with Crippen molar-refractivity contribution in [3.63, 3.8) is 0 Å². The minimum Gasteiger partial charge on any atom is -0.310 e. The van der Waals surface area contributed by atoms with Crippen LogP contribution in [0, 0.1) is 0 Å². The fourth-order valence-electron chi connectivity index (χ4n) is 16.9. The fourth-order valence-corrected chi connectivity index (χ4v) is 16.9. The Balaban J connectivity index is 1.06. The number of fused-ring (bicyclic) bond motifs is 9. The molecule has 2 aliphatic carbocycles. The first kappa shape index (κ1) is 51.5. The van der Waals surface area contributed by atoms with Crippen LogP contribution in [-0.2, 0) is 21.7 Å². The van der Waals surface area contributed by atoms with Gasteiger partial charge in [0.1, 0.15) is 0 Å². The molecule has 2 aliphatic heterocycles. The molecule has 6 heteroatoms. The zero-order chi connectivity index (χ0) is 73.4. The van der Waals surface area contributed by atoms with E-state index in [1.807, 2.05) is 49.1 Å². The smallest absolute Gasteiger partial charge is 0.252 e. The maximum atomic E-state index is 10.1. The SMILES string of the molecule is [2H]c1c([2H])c([2H])c2c(c1[2H])c1c([2H])c([2H])c([2H])c([2H])c1n2-c1cc2c3c(c1)N(c1c(-c4ccccc4)cncc1-c1ccccc1)c1ccc(-c4ccc5c(c4)C(C)(C)CCC5(C)C)cc1B3c1cc(-c3ccc4c(c3)C(C)(C)CCC4(C)C)ccc1N2c1c(-c2ccccc2)cncc1-c1ccccc1. The van der Waals surface area contributed by atoms with E-state index >= 15 is 0 Å². The first-order valence-corrected chi connectivity index (χ1v) is 34.5. The Hall–Kier alpha value is -10.8. The largest absolute Gasteiger partial charge is 0.310 e. The predicted molar refractivity (Wildman–Crippen MR) is 414 cm³/mol. The van der Waals surface area contributed by atoms with Gasteiger partial charge in [-0.15, -0.1) is 0 Å². The highest BCUT2D eigenvalue weighted by molar-refractivity contribution is 7.00. The average Bonchev–Trinajstić information content (AvgIpc) is 0.941. The van der Waals surface area contributed by atoms with Crippen molar-refractivity contribution in [1.82, 2.24) is 14.5 Å². The van der Waals surface area contributed by atoms with Gasteiger partial charge in [-0.05, 0) is 167 Å². The summed E-state index contributed by atoms with van der Waals surface area (Å²) in [7, 11) is 0. The summed E-state index contributed by atoms with van der Waals surface area (Å²) in [6.45, 7) is 18.5. The van der Waals surface area contributed by atoms with Crippen LogP contribution in [0.3, 0.4) is 0 Å². The summed E-state index contributed by atoms with van der Waals surface area (Å²) in [5, 5.41) is -0.0210. The van der Waals surface area contributed by atoms with Crippen molar-refractivity contribution in [2.24, 2.45) is 0 Å². The van der Waals surface area contributed by atoms with Crippen molar-refractivity contribution in [3.8, 4) is 72.4 Å². The van der Waals surface area contributed by atoms with E-state index in [-0.39, 0.29) is 55.6 Å². The monoisotopic (exact) mass is 1270 g/mol. The van der Waals surface area contributed by atoms with Gasteiger partial charge in [0.2, 0.25) is 0 Å². The highest BCUT2D eigenvalue weighted by Gasteiger charge is 2.47. The summed E-state index contributed by atoms with van der Waals surface area (Å²) in [5.41, 5.74) is 25.0. The molecule has 3 aromatic heterocycles. The van der Waals surface area contributed by atoms with Crippen molar-refractivity contribution in [1.29, 1.82) is 0 Å². The molecular formula is C92H78BN5. The number of hydrogen-bond donors (Lipinski definition) is 0. The summed E-state index contributed by atoms with van der Waals surface area (Å²) in [5.74, 6) is 0. The van der Waals surface area contributed by atoms with Crippen LogP contribution in [0.5, 0.6) is 0 Å². The lowest BCUT2D eigenvalue weighted by atomic mass is 9.33. The summed E-state index contributed by atoms with van der Waals surface area (Å²) < 4.78 is 78.6. The Morgan fingerprint density at radius 2 is 0.663 bits per heavy atom. The molecular weight excluding hydrogens is 1190 g/mol. The van der Waals surface area contributed by atoms with Gasteiger partial charge in [-0.25, -0.2) is 0 Å². The first-order chi connectivity index (χ1) is 50.9. The molecule has 11 aromatic carbocycles. The second kappa shape index (κ2) is 22.4. The molecule has 0 saturated heterocycles. The molecule has 5 nitrogen and oxygen atoms in total. The Kier molecular flexibility index (Phi) is 11.7. The highest BCUT2D eigenvalue weighted by Crippen LogP contribution is 2.55. The maximum Gasteiger partial charge on any atom is 0.252 e. The molecule has 0 radical (unpaired) electrons. The Labute approximate surface area is 588 Å². The molecule has 4 aliphatic rings. The topological polar surface area (TPSA) is 37.2 Å². The van der Waals surface area contributed by atoms with Gasteiger partial charge in [0.25, 0.3) is 6.71 Å². The van der Waals surface area contributed by atoms with E-state index in [1.54, 1.807) is 4.57 Å². The minimum absolute atomic E-state index is 0.00998. The van der Waals surface area contributed by atoms with E-state index in [9.17, 15) is 11.0 Å². The summed E-state index contributed by atoms with van der Waals surface area (Å²) >= 11 is 0. The third-order valence-electron chi connectivity index (χ3n) is 22.3. The third-order valence-corrected chi connectivity index (χ3v) is 22.3. The number of nitrogens with zero attached hydrogens (tertiary/aromatic N) is 5. The quantitative estimate of drug-likeness (QED) is 0.135. The number of benzene rings is 11. The standard InChI is InChI=1S/C92H78BN5/c1-89(2)45-47-91(5,6)76-49-63(37-41-74(76)89)65-39-43-82-78(51-65)93-79-52-66(64-38-42-75-77(50-64)92(7,8)48-46-90(75,3)4)40-44-83(79)98(88-72(61-29-17-11-18-30-61)57-95-58-73(88)62-31-19-12-20-32-62)85-54-67(96-80-35-23-21-33-68(80)69-34-22-24-36-81(69)96)53-84(86(85)93)97(82)87-70(59-25-13-9-14-26-59)55-94-56-71(87)60-27-15-10-16-28-60/h9-44,49-58H,45-48H2,1-8H3/i21D,22D,23D,24D,33D,34D,35D,36D. The van der Waals surface area contributed by atoms with Crippen LogP contribution in [0.4, 0.5) is 34.1 Å². The number of anilines is 6. The van der Waals surface area contributed by atoms with E-state index in [0.717, 1.165) is 143 Å². The molecule has 474 valence electrons. The van der Waals surface area contributed by atoms with Crippen LogP contribution in [0.1, 0.15) is 114 Å². The van der Waals surface area contributed by atoms with Gasteiger partial charge in [0, 0.05) is 80.6 Å². The maximum absolute atomic E-state index is 10.1. The van der Waals surface area contributed by atoms with E-state index in [4.69, 9.17) is 9.97 Å². The molecule has 0 spiro atoms. The predicted octanol–water partition coefficient (Wildman–Crippen LogP) is 22.4. The normalized spacial score (nSPS) is 17.0. The molecule has 98 heavy (non-hydrogen) atoms. The Morgan fingerprint density at radius 3 is 1.03 bits per heavy atom. The zero-order valence-corrected chi connectivity index (χ0v) is 56.6. The molecule has 0 amide bonds. The van der Waals surface area contributed by atoms with Crippen LogP contribution < -0.4 is 26.2 Å². The van der Waals surface area contributed by atoms with E-state index in [1.165, 1.54) is 22.3 Å². The van der Waals surface area contributed by atoms with Gasteiger partial charge in [0.05, 0.1) is 39.1 Å². The number of pyridine rings is 2. The fraction of sp³-hybridized carbons (Fsp3) is 0.174. The Morgan fingerprint density at radius 1 is 0.337 bits per heavy atom. The highest BCUT2D eigenvalue weighted by atomic mass is 15.2. The summed E-state index contributed by atoms with van der Waals surface area (Å²) in [4.78, 5) is 15.0. The van der Waals surface area contributed by atoms with Gasteiger partial charge < -0.3 is 14.4 Å². The first-order valence-electron chi connectivity index (χ1n) is 38.5. The second-order valence-corrected chi connectivity index (χ2v) is 30.0. The van der Waals surface area contributed by atoms with Crippen LogP contribution in [-0.4, -0.2) is 21.2 Å². The van der Waals surface area contributed by atoms with Crippen LogP contribution in [0.25, 0.3) is 94.3 Å². The van der Waals surface area contributed by atoms with Crippen LogP contribution >= 0.6 is 0 Å². The summed E-state index contributed by atoms with van der Waals surface area (Å²) in [6, 6.07) is 70.4. The Bertz CT molecular complexity index is 5560. The molecule has 0 fully saturated rings. The minimum atomic E-state index is -0.533. The van der Waals surface area contributed by atoms with Crippen molar-refractivity contribution >= 4 is 79.0 Å². The average molecular weight is 1270 g/mol. The zero-order valence-electron chi connectivity index (χ0n) is 64.6. The number of rotatable bonds is 9. The number of hydrogen-bond acceptors (Lipinski definition) is 4. The third kappa shape index (κ3) is 9.42. The van der Waals surface area contributed by atoms with Gasteiger partial charge in [0.15, 0.2) is 0 Å². The molecule has 5 heterocycles. The number of para-hydroxylation sites is 2. The van der Waals surface area contributed by atoms with E-state index in [2.05, 4.69) is 247 Å². The molecule has 14 aromatic rings. The van der Waals surface area contributed by atoms with Crippen molar-refractivity contribution in [2.45, 2.75) is 103 Å². The molecule has 0 bridgehead atoms. The molecule has 0 N–H and O–H groups in total. The van der Waals surface area contributed by atoms with E-state index in [0.29, 0.717) is 5.69 Å². The van der Waals surface area contributed by atoms with Crippen LogP contribution in [0.15, 0.2) is 279 Å². The molecule has 18 rings (SSSR count). The second-order valence-electron chi connectivity index (χ2n) is 30.0. The number of aromatic nitrogens is 3. The van der Waals surface area contributed by atoms with Crippen molar-refractivity contribution in [2.75, 3.05) is 9.80 Å². The van der Waals surface area contributed by atoms with Gasteiger partial charge in [-0.1, -0.05) is 274 Å². The molecule has 0 unspecified atom stereocenters. The van der Waals surface area contributed by atoms with Gasteiger partial charge in [-0.2, -0.15) is 0 Å². The van der Waals surface area contributed by atoms with Crippen molar-refractivity contribution < 1.29 is 11.0 Å². The lowest BCUT2D eigenvalue weighted by Crippen LogP contribution is -2.61. The molecule has 0 atom stereocenters. The van der Waals surface area contributed by atoms with Crippen molar-refractivity contribution in [3.05, 3.63) is 302 Å². The lowest BCUT2D eigenvalue weighted by Gasteiger charge is -2.46. The summed E-state index contributed by atoms with van der Waals surface area (Å²) in [6.07, 6.45) is 12.1. The van der Waals surface area contributed by atoms with Crippen LogP contribution in [0.2, 0.25) is 0 Å². The van der Waals surface area contributed by atoms with Gasteiger partial charge >= 0.3 is 0 Å².